The lowest BCUT2D eigenvalue weighted by Gasteiger charge is -2.21. The van der Waals surface area contributed by atoms with Crippen LogP contribution in [-0.4, -0.2) is 17.1 Å². The molecule has 84 valence electrons. The molecule has 0 heterocycles. The summed E-state index contributed by atoms with van der Waals surface area (Å²) in [5.41, 5.74) is 5.43. The molecule has 1 aliphatic carbocycles. The highest BCUT2D eigenvalue weighted by atomic mass is 35.5. The van der Waals surface area contributed by atoms with Crippen LogP contribution in [-0.2, 0) is 4.79 Å². The Morgan fingerprint density at radius 2 is 1.93 bits per heavy atom. The molecule has 3 nitrogen and oxygen atoms in total. The van der Waals surface area contributed by atoms with Gasteiger partial charge in [-0.2, -0.15) is 0 Å². The van der Waals surface area contributed by atoms with Gasteiger partial charge in [-0.1, -0.05) is 32.1 Å². The number of carboxylic acids is 1. The molecular formula is C10H20ClNO2. The van der Waals surface area contributed by atoms with Crippen LogP contribution >= 0.6 is 12.4 Å². The number of carboxylic acid groups (broad SMARTS) is 1. The minimum atomic E-state index is -0.865. The molecule has 0 aliphatic heterocycles. The van der Waals surface area contributed by atoms with E-state index in [1.165, 1.54) is 32.1 Å². The van der Waals surface area contributed by atoms with Gasteiger partial charge in [0, 0.05) is 0 Å². The molecule has 0 radical (unpaired) electrons. The van der Waals surface area contributed by atoms with Crippen LogP contribution in [0.25, 0.3) is 0 Å². The first kappa shape index (κ1) is 13.7. The lowest BCUT2D eigenvalue weighted by molar-refractivity contribution is -0.138. The van der Waals surface area contributed by atoms with E-state index in [4.69, 9.17) is 10.8 Å². The molecule has 4 heteroatoms. The van der Waals surface area contributed by atoms with Gasteiger partial charge in [0.25, 0.3) is 0 Å². The number of aliphatic carboxylic acids is 1. The van der Waals surface area contributed by atoms with Crippen LogP contribution in [0.2, 0.25) is 0 Å². The summed E-state index contributed by atoms with van der Waals surface area (Å²) in [5, 5.41) is 8.59. The second-order valence-corrected chi connectivity index (χ2v) is 4.03. The van der Waals surface area contributed by atoms with Crippen molar-refractivity contribution < 1.29 is 9.90 Å². The van der Waals surface area contributed by atoms with Crippen LogP contribution in [0, 0.1) is 5.92 Å². The Balaban J connectivity index is 0.00000169. The Hall–Kier alpha value is -0.280. The lowest BCUT2D eigenvalue weighted by atomic mass is 9.85. The van der Waals surface area contributed by atoms with Crippen molar-refractivity contribution in [1.29, 1.82) is 0 Å². The average Bonchev–Trinajstić information content (AvgIpc) is 2.15. The molecule has 0 aromatic rings. The summed E-state index contributed by atoms with van der Waals surface area (Å²) in [5.74, 6) is -0.130. The molecule has 1 rings (SSSR count). The average molecular weight is 222 g/mol. The number of rotatable bonds is 4. The maximum absolute atomic E-state index is 10.4. The summed E-state index contributed by atoms with van der Waals surface area (Å²) < 4.78 is 0. The van der Waals surface area contributed by atoms with E-state index in [1.54, 1.807) is 0 Å². The van der Waals surface area contributed by atoms with Gasteiger partial charge in [0.2, 0.25) is 0 Å². The van der Waals surface area contributed by atoms with Crippen molar-refractivity contribution in [2.45, 2.75) is 51.0 Å². The minimum absolute atomic E-state index is 0. The van der Waals surface area contributed by atoms with Gasteiger partial charge in [-0.05, 0) is 18.8 Å². The van der Waals surface area contributed by atoms with Crippen molar-refractivity contribution in [3.63, 3.8) is 0 Å². The van der Waals surface area contributed by atoms with Gasteiger partial charge in [0.1, 0.15) is 6.04 Å². The zero-order valence-electron chi connectivity index (χ0n) is 8.45. The van der Waals surface area contributed by atoms with E-state index in [-0.39, 0.29) is 12.4 Å². The fourth-order valence-electron chi connectivity index (χ4n) is 2.01. The van der Waals surface area contributed by atoms with E-state index >= 15 is 0 Å². The summed E-state index contributed by atoms with van der Waals surface area (Å²) in [7, 11) is 0. The maximum atomic E-state index is 10.4. The molecule has 1 atom stereocenters. The van der Waals surface area contributed by atoms with E-state index < -0.39 is 12.0 Å². The Morgan fingerprint density at radius 3 is 2.43 bits per heavy atom. The van der Waals surface area contributed by atoms with Gasteiger partial charge >= 0.3 is 5.97 Å². The van der Waals surface area contributed by atoms with Crippen molar-refractivity contribution in [3.8, 4) is 0 Å². The van der Waals surface area contributed by atoms with Crippen molar-refractivity contribution >= 4 is 18.4 Å². The number of halogens is 1. The van der Waals surface area contributed by atoms with Crippen molar-refractivity contribution in [1.82, 2.24) is 0 Å². The number of hydrogen-bond donors (Lipinski definition) is 2. The summed E-state index contributed by atoms with van der Waals surface area (Å²) >= 11 is 0. The van der Waals surface area contributed by atoms with Gasteiger partial charge < -0.3 is 10.8 Å². The smallest absolute Gasteiger partial charge is 0.320 e. The molecule has 0 spiro atoms. The highest BCUT2D eigenvalue weighted by Gasteiger charge is 2.17. The van der Waals surface area contributed by atoms with Gasteiger partial charge in [-0.3, -0.25) is 4.79 Å². The predicted molar refractivity (Wildman–Crippen MR) is 58.7 cm³/mol. The van der Waals surface area contributed by atoms with E-state index in [0.717, 1.165) is 12.3 Å². The first-order valence-corrected chi connectivity index (χ1v) is 5.18. The monoisotopic (exact) mass is 221 g/mol. The van der Waals surface area contributed by atoms with E-state index in [2.05, 4.69) is 0 Å². The molecule has 3 N–H and O–H groups in total. The van der Waals surface area contributed by atoms with Crippen LogP contribution in [0.1, 0.15) is 44.9 Å². The van der Waals surface area contributed by atoms with Gasteiger partial charge in [0.05, 0.1) is 0 Å². The van der Waals surface area contributed by atoms with Gasteiger partial charge in [-0.25, -0.2) is 0 Å². The van der Waals surface area contributed by atoms with Crippen LogP contribution < -0.4 is 5.73 Å². The van der Waals surface area contributed by atoms with E-state index in [1.807, 2.05) is 0 Å². The first-order chi connectivity index (χ1) is 6.20. The van der Waals surface area contributed by atoms with Crippen LogP contribution in [0.5, 0.6) is 0 Å². The molecule has 1 aliphatic rings. The normalized spacial score (nSPS) is 19.8. The van der Waals surface area contributed by atoms with Gasteiger partial charge in [0.15, 0.2) is 0 Å². The third-order valence-corrected chi connectivity index (χ3v) is 2.93. The Kier molecular flexibility index (Phi) is 6.93. The molecule has 14 heavy (non-hydrogen) atoms. The van der Waals surface area contributed by atoms with Crippen LogP contribution in [0.15, 0.2) is 0 Å². The molecule has 1 fully saturated rings. The van der Waals surface area contributed by atoms with Crippen molar-refractivity contribution in [3.05, 3.63) is 0 Å². The first-order valence-electron chi connectivity index (χ1n) is 5.18. The minimum Gasteiger partial charge on any atom is -0.480 e. The van der Waals surface area contributed by atoms with E-state index in [0.29, 0.717) is 6.42 Å². The van der Waals surface area contributed by atoms with E-state index in [9.17, 15) is 4.79 Å². The summed E-state index contributed by atoms with van der Waals surface area (Å²) in [6.07, 6.45) is 8.15. The fraction of sp³-hybridized carbons (Fsp3) is 0.900. The standard InChI is InChI=1S/C10H19NO2.ClH/c11-9(10(12)13)7-6-8-4-2-1-3-5-8;/h8-9H,1-7,11H2,(H,12,13);1H/t9-;/m0./s1. The molecule has 0 saturated heterocycles. The second-order valence-electron chi connectivity index (χ2n) is 4.03. The number of hydrogen-bond acceptors (Lipinski definition) is 2. The fourth-order valence-corrected chi connectivity index (χ4v) is 2.01. The topological polar surface area (TPSA) is 63.3 Å². The molecule has 0 aromatic carbocycles. The molecule has 1 saturated carbocycles. The molecule has 0 aromatic heterocycles. The lowest BCUT2D eigenvalue weighted by Crippen LogP contribution is -2.30. The Labute approximate surface area is 91.5 Å². The van der Waals surface area contributed by atoms with Crippen LogP contribution in [0.4, 0.5) is 0 Å². The Bertz CT molecular complexity index is 170. The number of carbonyl (C=O) groups is 1. The number of nitrogens with two attached hydrogens (primary N) is 1. The van der Waals surface area contributed by atoms with Crippen LogP contribution in [0.3, 0.4) is 0 Å². The quantitative estimate of drug-likeness (QED) is 0.765. The largest absolute Gasteiger partial charge is 0.480 e. The molecular weight excluding hydrogens is 202 g/mol. The molecule has 0 bridgehead atoms. The van der Waals surface area contributed by atoms with Crippen molar-refractivity contribution in [2.75, 3.05) is 0 Å². The second kappa shape index (κ2) is 7.07. The third kappa shape index (κ3) is 4.82. The Morgan fingerprint density at radius 1 is 1.36 bits per heavy atom. The van der Waals surface area contributed by atoms with Crippen molar-refractivity contribution in [2.24, 2.45) is 11.7 Å². The van der Waals surface area contributed by atoms with Gasteiger partial charge in [-0.15, -0.1) is 12.4 Å². The summed E-state index contributed by atoms with van der Waals surface area (Å²) in [6.45, 7) is 0. The third-order valence-electron chi connectivity index (χ3n) is 2.93. The maximum Gasteiger partial charge on any atom is 0.320 e. The zero-order chi connectivity index (χ0) is 9.68. The highest BCUT2D eigenvalue weighted by Crippen LogP contribution is 2.27. The summed E-state index contributed by atoms with van der Waals surface area (Å²) in [4.78, 5) is 10.4. The SMILES string of the molecule is Cl.N[C@@H](CCC1CCCCC1)C(=O)O. The predicted octanol–water partition coefficient (Wildman–Crippen LogP) is 2.18. The molecule has 0 unspecified atom stereocenters. The zero-order valence-corrected chi connectivity index (χ0v) is 9.26. The molecule has 0 amide bonds. The summed E-state index contributed by atoms with van der Waals surface area (Å²) in [6, 6.07) is -0.651. The highest BCUT2D eigenvalue weighted by molar-refractivity contribution is 5.85.